The van der Waals surface area contributed by atoms with Crippen molar-refractivity contribution in [1.82, 2.24) is 0 Å². The molecule has 0 amide bonds. The third-order valence-corrected chi connectivity index (χ3v) is 6.07. The molecule has 0 aliphatic heterocycles. The molecule has 0 atom stereocenters. The van der Waals surface area contributed by atoms with Crippen LogP contribution in [0.2, 0.25) is 0 Å². The highest BCUT2D eigenvalue weighted by molar-refractivity contribution is 7.92. The van der Waals surface area contributed by atoms with Gasteiger partial charge in [0, 0.05) is 20.2 Å². The van der Waals surface area contributed by atoms with Gasteiger partial charge in [-0.15, -0.1) is 0 Å². The summed E-state index contributed by atoms with van der Waals surface area (Å²) in [7, 11) is -3.96. The molecule has 154 valence electrons. The van der Waals surface area contributed by atoms with Crippen molar-refractivity contribution in [2.45, 2.75) is 0 Å². The van der Waals surface area contributed by atoms with Crippen molar-refractivity contribution in [3.05, 3.63) is 58.6 Å². The zero-order valence-electron chi connectivity index (χ0n) is 15.8. The maximum absolute atomic E-state index is 11.2. The van der Waals surface area contributed by atoms with Crippen molar-refractivity contribution in [3.8, 4) is 0 Å². The van der Waals surface area contributed by atoms with Crippen molar-refractivity contribution in [2.75, 3.05) is 41.0 Å². The molecule has 2 rings (SSSR count). The van der Waals surface area contributed by atoms with Crippen LogP contribution in [0, 0.1) is 10.1 Å². The van der Waals surface area contributed by atoms with Crippen LogP contribution >= 0.6 is 0 Å². The Morgan fingerprint density at radius 3 is 1.64 bits per heavy atom. The first kappa shape index (κ1) is 23.2. The maximum Gasteiger partial charge on any atom is 0.293 e. The van der Waals surface area contributed by atoms with Crippen molar-refractivity contribution in [3.63, 3.8) is 0 Å². The Morgan fingerprint density at radius 1 is 0.821 bits per heavy atom. The van der Waals surface area contributed by atoms with E-state index in [0.717, 1.165) is 21.1 Å². The lowest BCUT2D eigenvalue weighted by Crippen LogP contribution is -2.25. The van der Waals surface area contributed by atoms with Crippen LogP contribution in [0.25, 0.3) is 0 Å². The summed E-state index contributed by atoms with van der Waals surface area (Å²) in [5.41, 5.74) is 6.40. The molecule has 0 aliphatic carbocycles. The average molecular weight is 431 g/mol. The van der Waals surface area contributed by atoms with Crippen LogP contribution in [-0.2, 0) is 20.0 Å². The van der Waals surface area contributed by atoms with E-state index in [-0.39, 0.29) is 11.4 Å². The molecular weight excluding hydrogens is 408 g/mol. The molecule has 0 radical (unpaired) electrons. The fourth-order valence-electron chi connectivity index (χ4n) is 2.02. The zero-order chi connectivity index (χ0) is 21.7. The predicted octanol–water partition coefficient (Wildman–Crippen LogP) is 1.66. The Hall–Kier alpha value is -2.86. The minimum Gasteiger partial charge on any atom is -0.397 e. The molecule has 0 fully saturated rings. The fourth-order valence-corrected chi connectivity index (χ4v) is 3.05. The fraction of sp³-hybridized carbons (Fsp3) is 0.250. The van der Waals surface area contributed by atoms with Gasteiger partial charge in [-0.25, -0.2) is 16.8 Å². The number of nitro benzene ring substituents is 1. The number of anilines is 3. The predicted molar refractivity (Wildman–Crippen MR) is 110 cm³/mol. The molecule has 0 bridgehead atoms. The van der Waals surface area contributed by atoms with Gasteiger partial charge in [0.05, 0.1) is 28.8 Å². The first-order valence-electron chi connectivity index (χ1n) is 7.72. The van der Waals surface area contributed by atoms with Crippen molar-refractivity contribution in [2.24, 2.45) is 0 Å². The van der Waals surface area contributed by atoms with Gasteiger partial charge in [-0.2, -0.15) is 0 Å². The van der Waals surface area contributed by atoms with E-state index in [1.165, 1.54) is 32.3 Å². The van der Waals surface area contributed by atoms with Crippen LogP contribution in [0.3, 0.4) is 0 Å². The smallest absolute Gasteiger partial charge is 0.293 e. The number of nitro groups is 1. The lowest BCUT2D eigenvalue weighted by molar-refractivity contribution is -0.384. The van der Waals surface area contributed by atoms with E-state index in [0.29, 0.717) is 11.4 Å². The standard InChI is InChI=1S/C8H10N2O4S.C8H12N2O2S/c1-9(15(2,13)14)7-5-3-4-6-8(7)10(11)12;1-10(13(2,11)12)8-6-4-3-5-7(8)9/h3-6H,1-2H3;3-6H,9H2,1-2H3. The number of sulfonamides is 2. The summed E-state index contributed by atoms with van der Waals surface area (Å²) in [6.45, 7) is 0. The summed E-state index contributed by atoms with van der Waals surface area (Å²) in [5, 5.41) is 10.6. The highest BCUT2D eigenvalue weighted by Crippen LogP contribution is 2.27. The van der Waals surface area contributed by atoms with Gasteiger partial charge < -0.3 is 5.73 Å². The van der Waals surface area contributed by atoms with E-state index in [4.69, 9.17) is 5.73 Å². The first-order chi connectivity index (χ1) is 12.8. The molecule has 2 N–H and O–H groups in total. The summed E-state index contributed by atoms with van der Waals surface area (Å²) < 4.78 is 46.8. The van der Waals surface area contributed by atoms with Crippen LogP contribution in [0.15, 0.2) is 48.5 Å². The number of nitrogens with two attached hydrogens (primary N) is 1. The molecule has 2 aromatic rings. The van der Waals surface area contributed by atoms with Gasteiger partial charge in [0.2, 0.25) is 20.0 Å². The third-order valence-electron chi connectivity index (χ3n) is 3.69. The number of nitrogen functional groups attached to an aromatic ring is 1. The van der Waals surface area contributed by atoms with Crippen molar-refractivity contribution in [1.29, 1.82) is 0 Å². The number of hydrogen-bond donors (Lipinski definition) is 1. The van der Waals surface area contributed by atoms with E-state index >= 15 is 0 Å². The second-order valence-electron chi connectivity index (χ2n) is 5.77. The summed E-state index contributed by atoms with van der Waals surface area (Å²) in [5.74, 6) is 0. The normalized spacial score (nSPS) is 11.1. The summed E-state index contributed by atoms with van der Waals surface area (Å²) in [6, 6.07) is 12.5. The zero-order valence-corrected chi connectivity index (χ0v) is 17.4. The van der Waals surface area contributed by atoms with Gasteiger partial charge in [0.15, 0.2) is 0 Å². The average Bonchev–Trinajstić information content (AvgIpc) is 2.60. The number of para-hydroxylation sites is 4. The Balaban J connectivity index is 0.000000283. The van der Waals surface area contributed by atoms with E-state index in [2.05, 4.69) is 0 Å². The molecule has 2 aromatic carbocycles. The molecule has 28 heavy (non-hydrogen) atoms. The van der Waals surface area contributed by atoms with Crippen LogP contribution in [0.1, 0.15) is 0 Å². The molecule has 0 aliphatic rings. The quantitative estimate of drug-likeness (QED) is 0.431. The number of hydrogen-bond acceptors (Lipinski definition) is 7. The van der Waals surface area contributed by atoms with E-state index < -0.39 is 25.0 Å². The van der Waals surface area contributed by atoms with Crippen molar-refractivity contribution >= 4 is 42.8 Å². The van der Waals surface area contributed by atoms with Gasteiger partial charge in [-0.1, -0.05) is 24.3 Å². The van der Waals surface area contributed by atoms with Crippen LogP contribution < -0.4 is 14.3 Å². The molecule has 0 aromatic heterocycles. The SMILES string of the molecule is CN(c1ccccc1N)S(C)(=O)=O.CN(c1ccccc1[N+](=O)[O-])S(C)(=O)=O. The minimum absolute atomic E-state index is 0.0602. The van der Waals surface area contributed by atoms with Crippen LogP contribution in [0.4, 0.5) is 22.7 Å². The Bertz CT molecular complexity index is 1050. The second kappa shape index (κ2) is 8.89. The molecule has 0 saturated carbocycles. The van der Waals surface area contributed by atoms with Gasteiger partial charge in [-0.3, -0.25) is 18.7 Å². The number of nitrogens with zero attached hydrogens (tertiary/aromatic N) is 3. The van der Waals surface area contributed by atoms with Crippen LogP contribution in [0.5, 0.6) is 0 Å². The highest BCUT2D eigenvalue weighted by atomic mass is 32.2. The topological polar surface area (TPSA) is 144 Å². The summed E-state index contributed by atoms with van der Waals surface area (Å²) in [6.07, 6.45) is 2.13. The molecule has 12 heteroatoms. The summed E-state index contributed by atoms with van der Waals surface area (Å²) >= 11 is 0. The highest BCUT2D eigenvalue weighted by Gasteiger charge is 2.21. The monoisotopic (exact) mass is 430 g/mol. The Kier molecular flexibility index (Phi) is 7.36. The molecule has 0 saturated heterocycles. The first-order valence-corrected chi connectivity index (χ1v) is 11.4. The van der Waals surface area contributed by atoms with Gasteiger partial charge >= 0.3 is 0 Å². The third kappa shape index (κ3) is 6.09. The molecule has 0 spiro atoms. The summed E-state index contributed by atoms with van der Waals surface area (Å²) in [4.78, 5) is 10.0. The second-order valence-corrected chi connectivity index (χ2v) is 9.79. The van der Waals surface area contributed by atoms with E-state index in [1.54, 1.807) is 30.3 Å². The van der Waals surface area contributed by atoms with E-state index in [1.807, 2.05) is 0 Å². The molecular formula is C16H22N4O6S2. The van der Waals surface area contributed by atoms with Gasteiger partial charge in [0.1, 0.15) is 5.69 Å². The maximum atomic E-state index is 11.2. The lowest BCUT2D eigenvalue weighted by atomic mass is 10.3. The Morgan fingerprint density at radius 2 is 1.21 bits per heavy atom. The number of rotatable bonds is 5. The molecule has 10 nitrogen and oxygen atoms in total. The van der Waals surface area contributed by atoms with Crippen molar-refractivity contribution < 1.29 is 21.8 Å². The number of benzene rings is 2. The molecule has 0 unspecified atom stereocenters. The van der Waals surface area contributed by atoms with Crippen LogP contribution in [-0.4, -0.2) is 48.4 Å². The van der Waals surface area contributed by atoms with E-state index in [9.17, 15) is 26.9 Å². The Labute approximate surface area is 164 Å². The molecule has 0 heterocycles. The lowest BCUT2D eigenvalue weighted by Gasteiger charge is -2.17. The minimum atomic E-state index is -3.48. The van der Waals surface area contributed by atoms with Gasteiger partial charge in [-0.05, 0) is 18.2 Å². The largest absolute Gasteiger partial charge is 0.397 e. The van der Waals surface area contributed by atoms with Gasteiger partial charge in [0.25, 0.3) is 5.69 Å².